The highest BCUT2D eigenvalue weighted by atomic mass is 79.9. The molecule has 0 bridgehead atoms. The Bertz CT molecular complexity index is 464. The van der Waals surface area contributed by atoms with E-state index in [9.17, 15) is 0 Å². The molecule has 0 radical (unpaired) electrons. The molecule has 1 fully saturated rings. The van der Waals surface area contributed by atoms with Crippen molar-refractivity contribution in [2.45, 2.75) is 51.0 Å². The first-order valence-corrected chi connectivity index (χ1v) is 8.15. The average molecular weight is 324 g/mol. The van der Waals surface area contributed by atoms with E-state index in [2.05, 4.69) is 40.3 Å². The Balaban J connectivity index is 1.86. The van der Waals surface area contributed by atoms with Gasteiger partial charge >= 0.3 is 0 Å². The summed E-state index contributed by atoms with van der Waals surface area (Å²) in [6, 6.07) is 4.44. The molecular formula is C16H22BrNO. The molecule has 1 unspecified atom stereocenters. The van der Waals surface area contributed by atoms with Crippen LogP contribution in [0.25, 0.3) is 0 Å². The number of rotatable bonds is 2. The number of halogens is 1. The van der Waals surface area contributed by atoms with E-state index in [1.54, 1.807) is 0 Å². The molecule has 1 aromatic rings. The maximum atomic E-state index is 5.85. The number of hydrogen-bond acceptors (Lipinski definition) is 2. The van der Waals surface area contributed by atoms with Crippen molar-refractivity contribution in [2.24, 2.45) is 0 Å². The molecule has 0 aliphatic carbocycles. The van der Waals surface area contributed by atoms with Gasteiger partial charge in [-0.3, -0.25) is 0 Å². The van der Waals surface area contributed by atoms with Gasteiger partial charge < -0.3 is 10.1 Å². The third-order valence-corrected chi connectivity index (χ3v) is 4.82. The van der Waals surface area contributed by atoms with Crippen LogP contribution in [0.4, 0.5) is 0 Å². The van der Waals surface area contributed by atoms with Crippen LogP contribution in [0.3, 0.4) is 0 Å². The van der Waals surface area contributed by atoms with Crippen LogP contribution in [0.5, 0.6) is 5.75 Å². The Morgan fingerprint density at radius 3 is 3.11 bits per heavy atom. The summed E-state index contributed by atoms with van der Waals surface area (Å²) in [5.74, 6) is 1.15. The third kappa shape index (κ3) is 2.97. The van der Waals surface area contributed by atoms with Crippen LogP contribution in [-0.4, -0.2) is 18.7 Å². The highest BCUT2D eigenvalue weighted by Gasteiger charge is 2.28. The fourth-order valence-electron chi connectivity index (χ4n) is 3.34. The van der Waals surface area contributed by atoms with Crippen LogP contribution in [-0.2, 0) is 12.8 Å². The molecule has 1 N–H and O–H groups in total. The zero-order valence-electron chi connectivity index (χ0n) is 11.6. The Labute approximate surface area is 124 Å². The monoisotopic (exact) mass is 323 g/mol. The standard InChI is InChI=1S/C16H22BrNO/c1-16(6-3-2-4-7-18-16)11-13-10-14(17)9-12-5-8-19-15(12)13/h9-10,18H,2-8,11H2,1H3. The maximum absolute atomic E-state index is 5.85. The third-order valence-electron chi connectivity index (χ3n) is 4.36. The predicted molar refractivity (Wildman–Crippen MR) is 81.9 cm³/mol. The molecule has 104 valence electrons. The molecule has 3 rings (SSSR count). The van der Waals surface area contributed by atoms with E-state index in [1.165, 1.54) is 41.3 Å². The topological polar surface area (TPSA) is 21.3 Å². The molecular weight excluding hydrogens is 302 g/mol. The fraction of sp³-hybridized carbons (Fsp3) is 0.625. The van der Waals surface area contributed by atoms with Crippen molar-refractivity contribution >= 4 is 15.9 Å². The van der Waals surface area contributed by atoms with Crippen LogP contribution in [0.2, 0.25) is 0 Å². The lowest BCUT2D eigenvalue weighted by molar-refractivity contribution is 0.326. The van der Waals surface area contributed by atoms with E-state index < -0.39 is 0 Å². The smallest absolute Gasteiger partial charge is 0.125 e. The summed E-state index contributed by atoms with van der Waals surface area (Å²) in [7, 11) is 0. The summed E-state index contributed by atoms with van der Waals surface area (Å²) >= 11 is 3.64. The summed E-state index contributed by atoms with van der Waals surface area (Å²) in [4.78, 5) is 0. The van der Waals surface area contributed by atoms with E-state index in [0.717, 1.165) is 31.7 Å². The maximum Gasteiger partial charge on any atom is 0.125 e. The van der Waals surface area contributed by atoms with Crippen molar-refractivity contribution in [3.8, 4) is 5.75 Å². The Kier molecular flexibility index (Phi) is 3.86. The van der Waals surface area contributed by atoms with Crippen LogP contribution < -0.4 is 10.1 Å². The fourth-order valence-corrected chi connectivity index (χ4v) is 3.90. The van der Waals surface area contributed by atoms with Crippen LogP contribution in [0.1, 0.15) is 43.7 Å². The van der Waals surface area contributed by atoms with Crippen molar-refractivity contribution in [1.82, 2.24) is 5.32 Å². The molecule has 3 heteroatoms. The second kappa shape index (κ2) is 5.45. The van der Waals surface area contributed by atoms with Crippen molar-refractivity contribution in [3.63, 3.8) is 0 Å². The van der Waals surface area contributed by atoms with Crippen molar-refractivity contribution < 1.29 is 4.74 Å². The lowest BCUT2D eigenvalue weighted by Crippen LogP contribution is -2.43. The number of hydrogen-bond donors (Lipinski definition) is 1. The van der Waals surface area contributed by atoms with Gasteiger partial charge in [-0.2, -0.15) is 0 Å². The zero-order valence-corrected chi connectivity index (χ0v) is 13.2. The Hall–Kier alpha value is -0.540. The SMILES string of the molecule is CC1(Cc2cc(Br)cc3c2OCC3)CCCCCN1. The largest absolute Gasteiger partial charge is 0.493 e. The van der Waals surface area contributed by atoms with Gasteiger partial charge in [0.1, 0.15) is 5.75 Å². The molecule has 0 spiro atoms. The molecule has 19 heavy (non-hydrogen) atoms. The molecule has 2 heterocycles. The first-order chi connectivity index (χ1) is 9.16. The molecule has 2 aliphatic rings. The molecule has 0 saturated carbocycles. The first kappa shape index (κ1) is 13.4. The van der Waals surface area contributed by atoms with Gasteiger partial charge in [0.2, 0.25) is 0 Å². The van der Waals surface area contributed by atoms with Crippen LogP contribution in [0.15, 0.2) is 16.6 Å². The highest BCUT2D eigenvalue weighted by Crippen LogP contribution is 2.36. The highest BCUT2D eigenvalue weighted by molar-refractivity contribution is 9.10. The molecule has 1 aromatic carbocycles. The van der Waals surface area contributed by atoms with Gasteiger partial charge in [-0.15, -0.1) is 0 Å². The minimum absolute atomic E-state index is 0.219. The van der Waals surface area contributed by atoms with Gasteiger partial charge in [-0.1, -0.05) is 28.8 Å². The van der Waals surface area contributed by atoms with Crippen molar-refractivity contribution in [3.05, 3.63) is 27.7 Å². The Morgan fingerprint density at radius 2 is 2.21 bits per heavy atom. The van der Waals surface area contributed by atoms with E-state index >= 15 is 0 Å². The summed E-state index contributed by atoms with van der Waals surface area (Å²) in [6.07, 6.45) is 7.37. The van der Waals surface area contributed by atoms with Crippen molar-refractivity contribution in [1.29, 1.82) is 0 Å². The lowest BCUT2D eigenvalue weighted by Gasteiger charge is -2.30. The second-order valence-electron chi connectivity index (χ2n) is 6.13. The normalized spacial score (nSPS) is 26.6. The number of benzene rings is 1. The number of nitrogens with one attached hydrogen (secondary N) is 1. The molecule has 0 amide bonds. The molecule has 0 aromatic heterocycles. The lowest BCUT2D eigenvalue weighted by atomic mass is 9.87. The second-order valence-corrected chi connectivity index (χ2v) is 7.04. The van der Waals surface area contributed by atoms with E-state index in [0.29, 0.717) is 0 Å². The van der Waals surface area contributed by atoms with Gasteiger partial charge in [-0.25, -0.2) is 0 Å². The molecule has 1 saturated heterocycles. The average Bonchev–Trinajstić information content (AvgIpc) is 2.72. The first-order valence-electron chi connectivity index (χ1n) is 7.35. The number of ether oxygens (including phenoxy) is 1. The molecule has 1 atom stereocenters. The van der Waals surface area contributed by atoms with Gasteiger partial charge in [0, 0.05) is 16.4 Å². The van der Waals surface area contributed by atoms with Gasteiger partial charge in [0.25, 0.3) is 0 Å². The zero-order chi connectivity index (χ0) is 13.3. The summed E-state index contributed by atoms with van der Waals surface area (Å²) < 4.78 is 7.04. The van der Waals surface area contributed by atoms with Gasteiger partial charge in [0.15, 0.2) is 0 Å². The van der Waals surface area contributed by atoms with Crippen molar-refractivity contribution in [2.75, 3.05) is 13.2 Å². The number of fused-ring (bicyclic) bond motifs is 1. The molecule has 2 aliphatic heterocycles. The predicted octanol–water partition coefficient (Wildman–Crippen LogP) is 3.85. The Morgan fingerprint density at radius 1 is 1.32 bits per heavy atom. The van der Waals surface area contributed by atoms with E-state index in [-0.39, 0.29) is 5.54 Å². The van der Waals surface area contributed by atoms with Crippen LogP contribution in [0, 0.1) is 0 Å². The minimum atomic E-state index is 0.219. The van der Waals surface area contributed by atoms with Gasteiger partial charge in [0.05, 0.1) is 6.61 Å². The quantitative estimate of drug-likeness (QED) is 0.892. The van der Waals surface area contributed by atoms with E-state index in [4.69, 9.17) is 4.74 Å². The van der Waals surface area contributed by atoms with Crippen LogP contribution >= 0.6 is 15.9 Å². The summed E-state index contributed by atoms with van der Waals surface area (Å²) in [5.41, 5.74) is 2.94. The summed E-state index contributed by atoms with van der Waals surface area (Å²) in [6.45, 7) is 4.34. The minimum Gasteiger partial charge on any atom is -0.493 e. The summed E-state index contributed by atoms with van der Waals surface area (Å²) in [5, 5.41) is 3.75. The van der Waals surface area contributed by atoms with Gasteiger partial charge in [-0.05, 0) is 56.0 Å². The molecule has 2 nitrogen and oxygen atoms in total. The van der Waals surface area contributed by atoms with E-state index in [1.807, 2.05) is 0 Å².